The quantitative estimate of drug-likeness (QED) is 0.772. The first kappa shape index (κ1) is 19.5. The van der Waals surface area contributed by atoms with Crippen LogP contribution in [0.25, 0.3) is 0 Å². The predicted octanol–water partition coefficient (Wildman–Crippen LogP) is 1.80. The molecule has 26 heavy (non-hydrogen) atoms. The zero-order valence-electron chi connectivity index (χ0n) is 14.7. The number of carbonyl (C=O) groups is 1. The van der Waals surface area contributed by atoms with E-state index in [0.29, 0.717) is 26.1 Å². The number of benzene rings is 1. The lowest BCUT2D eigenvalue weighted by atomic mass is 10.2. The van der Waals surface area contributed by atoms with Crippen LogP contribution in [0.5, 0.6) is 0 Å². The van der Waals surface area contributed by atoms with Gasteiger partial charge in [0.15, 0.2) is 0 Å². The maximum Gasteiger partial charge on any atom is 0.243 e. The van der Waals surface area contributed by atoms with Gasteiger partial charge in [-0.1, -0.05) is 11.6 Å². The second kappa shape index (κ2) is 7.80. The fraction of sp³-hybridized carbons (Fsp3) is 0.588. The number of amides is 1. The lowest BCUT2D eigenvalue weighted by molar-refractivity contribution is -0.135. The van der Waals surface area contributed by atoms with Crippen LogP contribution in [0.4, 0.5) is 4.39 Å². The van der Waals surface area contributed by atoms with Crippen molar-refractivity contribution in [1.82, 2.24) is 14.1 Å². The Morgan fingerprint density at radius 1 is 1.15 bits per heavy atom. The summed E-state index contributed by atoms with van der Waals surface area (Å²) in [5.41, 5.74) is 0. The van der Waals surface area contributed by atoms with Gasteiger partial charge in [0.2, 0.25) is 15.9 Å². The number of nitrogens with zero attached hydrogens (tertiary/aromatic N) is 3. The maximum absolute atomic E-state index is 13.3. The smallest absolute Gasteiger partial charge is 0.243 e. The van der Waals surface area contributed by atoms with Gasteiger partial charge in [0.05, 0.1) is 16.0 Å². The fourth-order valence-corrected chi connectivity index (χ4v) is 5.32. The lowest BCUT2D eigenvalue weighted by Gasteiger charge is -2.27. The molecule has 1 unspecified atom stereocenters. The van der Waals surface area contributed by atoms with E-state index in [9.17, 15) is 17.6 Å². The highest BCUT2D eigenvalue weighted by Crippen LogP contribution is 2.24. The number of rotatable bonds is 3. The molecule has 2 heterocycles. The van der Waals surface area contributed by atoms with Gasteiger partial charge in [-0.3, -0.25) is 9.69 Å². The van der Waals surface area contributed by atoms with Gasteiger partial charge in [0, 0.05) is 26.2 Å². The van der Waals surface area contributed by atoms with E-state index in [1.165, 1.54) is 10.4 Å². The molecular weight excluding hydrogens is 381 g/mol. The highest BCUT2D eigenvalue weighted by molar-refractivity contribution is 7.89. The zero-order chi connectivity index (χ0) is 18.9. The summed E-state index contributed by atoms with van der Waals surface area (Å²) in [5.74, 6) is -0.576. The molecular formula is C17H23ClFN3O3S. The molecule has 1 amide bonds. The van der Waals surface area contributed by atoms with Gasteiger partial charge < -0.3 is 4.90 Å². The van der Waals surface area contributed by atoms with E-state index in [0.717, 1.165) is 31.5 Å². The second-order valence-corrected chi connectivity index (χ2v) is 9.14. The van der Waals surface area contributed by atoms with Gasteiger partial charge in [-0.2, -0.15) is 4.31 Å². The molecule has 2 aliphatic heterocycles. The van der Waals surface area contributed by atoms with Crippen molar-refractivity contribution in [3.8, 4) is 0 Å². The van der Waals surface area contributed by atoms with Crippen molar-refractivity contribution in [1.29, 1.82) is 0 Å². The van der Waals surface area contributed by atoms with Crippen LogP contribution in [-0.4, -0.2) is 74.2 Å². The normalized spacial score (nSPS) is 23.2. The minimum Gasteiger partial charge on any atom is -0.340 e. The van der Waals surface area contributed by atoms with Crippen LogP contribution in [0.2, 0.25) is 5.02 Å². The molecule has 0 aromatic heterocycles. The topological polar surface area (TPSA) is 60.9 Å². The number of hydrogen-bond acceptors (Lipinski definition) is 4. The molecule has 0 N–H and O–H groups in total. The van der Waals surface area contributed by atoms with Crippen molar-refractivity contribution in [3.63, 3.8) is 0 Å². The third kappa shape index (κ3) is 3.88. The molecule has 0 radical (unpaired) electrons. The number of carbonyl (C=O) groups excluding carboxylic acids is 1. The summed E-state index contributed by atoms with van der Waals surface area (Å²) in [6.45, 7) is 2.36. The lowest BCUT2D eigenvalue weighted by Crippen LogP contribution is -2.45. The number of likely N-dealkylation sites (N-methyl/N-ethyl adjacent to an activating group) is 1. The maximum atomic E-state index is 13.3. The predicted molar refractivity (Wildman–Crippen MR) is 97.0 cm³/mol. The average Bonchev–Trinajstić information content (AvgIpc) is 2.88. The molecule has 1 atom stereocenters. The van der Waals surface area contributed by atoms with E-state index < -0.39 is 15.8 Å². The number of halogens is 2. The largest absolute Gasteiger partial charge is 0.340 e. The fourth-order valence-electron chi connectivity index (χ4n) is 3.57. The summed E-state index contributed by atoms with van der Waals surface area (Å²) < 4.78 is 40.3. The summed E-state index contributed by atoms with van der Waals surface area (Å²) in [6, 6.07) is 3.30. The molecule has 6 nitrogen and oxygen atoms in total. The van der Waals surface area contributed by atoms with Gasteiger partial charge in [0.1, 0.15) is 5.82 Å². The Kier molecular flexibility index (Phi) is 5.86. The van der Waals surface area contributed by atoms with E-state index in [1.807, 2.05) is 7.05 Å². The molecule has 1 aromatic carbocycles. The van der Waals surface area contributed by atoms with Crippen LogP contribution in [0.3, 0.4) is 0 Å². The van der Waals surface area contributed by atoms with Crippen molar-refractivity contribution in [3.05, 3.63) is 29.0 Å². The first-order valence-electron chi connectivity index (χ1n) is 8.75. The van der Waals surface area contributed by atoms with Crippen LogP contribution in [0.15, 0.2) is 23.1 Å². The van der Waals surface area contributed by atoms with Gasteiger partial charge in [-0.15, -0.1) is 0 Å². The standard InChI is InChI=1S/C17H23ClFN3O3S/c1-20-7-2-4-16(20)17(23)21-8-3-9-22(11-10-21)26(24,25)13-5-6-15(19)14(18)12-13/h5-6,12,16H,2-4,7-11H2,1H3. The van der Waals surface area contributed by atoms with E-state index >= 15 is 0 Å². The van der Waals surface area contributed by atoms with Gasteiger partial charge in [0.25, 0.3) is 0 Å². The number of hydrogen-bond donors (Lipinski definition) is 0. The molecule has 0 aliphatic carbocycles. The third-order valence-electron chi connectivity index (χ3n) is 5.10. The van der Waals surface area contributed by atoms with Gasteiger partial charge in [-0.05, 0) is 51.1 Å². The van der Waals surface area contributed by atoms with E-state index in [-0.39, 0.29) is 28.4 Å². The molecule has 0 bridgehead atoms. The molecule has 2 saturated heterocycles. The van der Waals surface area contributed by atoms with Crippen LogP contribution < -0.4 is 0 Å². The molecule has 2 fully saturated rings. The summed E-state index contributed by atoms with van der Waals surface area (Å²) in [4.78, 5) is 16.5. The van der Waals surface area contributed by atoms with Crippen LogP contribution >= 0.6 is 11.6 Å². The van der Waals surface area contributed by atoms with E-state index in [2.05, 4.69) is 4.90 Å². The molecule has 9 heteroatoms. The van der Waals surface area contributed by atoms with Gasteiger partial charge in [-0.25, -0.2) is 12.8 Å². The Balaban J connectivity index is 1.71. The number of sulfonamides is 1. The molecule has 2 aliphatic rings. The third-order valence-corrected chi connectivity index (χ3v) is 7.29. The van der Waals surface area contributed by atoms with Crippen molar-refractivity contribution in [2.24, 2.45) is 0 Å². The van der Waals surface area contributed by atoms with Crippen LogP contribution in [-0.2, 0) is 14.8 Å². The van der Waals surface area contributed by atoms with E-state index in [1.54, 1.807) is 4.90 Å². The summed E-state index contributed by atoms with van der Waals surface area (Å²) in [6.07, 6.45) is 2.42. The summed E-state index contributed by atoms with van der Waals surface area (Å²) in [5, 5.41) is -0.220. The Bertz CT molecular complexity index is 789. The average molecular weight is 404 g/mol. The molecule has 0 spiro atoms. The monoisotopic (exact) mass is 403 g/mol. The van der Waals surface area contributed by atoms with Crippen molar-refractivity contribution in [2.75, 3.05) is 39.8 Å². The van der Waals surface area contributed by atoms with E-state index in [4.69, 9.17) is 11.6 Å². The minimum absolute atomic E-state index is 0.0285. The zero-order valence-corrected chi connectivity index (χ0v) is 16.3. The Hall–Kier alpha value is -1.22. The Labute approximate surface area is 158 Å². The first-order valence-corrected chi connectivity index (χ1v) is 10.6. The minimum atomic E-state index is -3.77. The first-order chi connectivity index (χ1) is 12.3. The summed E-state index contributed by atoms with van der Waals surface area (Å²) in [7, 11) is -1.82. The molecule has 144 valence electrons. The highest BCUT2D eigenvalue weighted by Gasteiger charge is 2.34. The van der Waals surface area contributed by atoms with Crippen molar-refractivity contribution >= 4 is 27.5 Å². The molecule has 1 aromatic rings. The summed E-state index contributed by atoms with van der Waals surface area (Å²) >= 11 is 5.73. The Morgan fingerprint density at radius 2 is 1.92 bits per heavy atom. The highest BCUT2D eigenvalue weighted by atomic mass is 35.5. The van der Waals surface area contributed by atoms with Crippen LogP contribution in [0.1, 0.15) is 19.3 Å². The Morgan fingerprint density at radius 3 is 2.58 bits per heavy atom. The SMILES string of the molecule is CN1CCCC1C(=O)N1CCCN(S(=O)(=O)c2ccc(F)c(Cl)c2)CC1. The molecule has 0 saturated carbocycles. The van der Waals surface area contributed by atoms with Crippen LogP contribution in [0, 0.1) is 5.82 Å². The van der Waals surface area contributed by atoms with Crippen molar-refractivity contribution in [2.45, 2.75) is 30.2 Å². The van der Waals surface area contributed by atoms with Gasteiger partial charge >= 0.3 is 0 Å². The molecule has 3 rings (SSSR count). The second-order valence-electron chi connectivity index (χ2n) is 6.80. The van der Waals surface area contributed by atoms with Crippen molar-refractivity contribution < 1.29 is 17.6 Å². The number of likely N-dealkylation sites (tertiary alicyclic amines) is 1.